The summed E-state index contributed by atoms with van der Waals surface area (Å²) in [4.78, 5) is 23.8. The average Bonchev–Trinajstić information content (AvgIpc) is 3.34. The van der Waals surface area contributed by atoms with E-state index in [0.717, 1.165) is 24.1 Å². The van der Waals surface area contributed by atoms with Gasteiger partial charge in [-0.3, -0.25) is 9.59 Å². The van der Waals surface area contributed by atoms with Crippen molar-refractivity contribution in [3.63, 3.8) is 0 Å². The maximum Gasteiger partial charge on any atom is 0.274 e. The van der Waals surface area contributed by atoms with E-state index in [1.54, 1.807) is 19.9 Å². The van der Waals surface area contributed by atoms with Gasteiger partial charge in [-0.2, -0.15) is 5.10 Å². The SMILES string of the molecule is C/C(=N/NC(=O)c1ccoc1C)c1cccc(NC(=O)C2CC2)c1. The molecule has 2 aromatic rings. The fourth-order valence-electron chi connectivity index (χ4n) is 2.29. The first-order valence-corrected chi connectivity index (χ1v) is 7.84. The molecule has 1 aliphatic carbocycles. The van der Waals surface area contributed by atoms with Crippen LogP contribution in [0.3, 0.4) is 0 Å². The van der Waals surface area contributed by atoms with Crippen LogP contribution in [0.2, 0.25) is 0 Å². The van der Waals surface area contributed by atoms with E-state index in [9.17, 15) is 9.59 Å². The monoisotopic (exact) mass is 325 g/mol. The fraction of sp³-hybridized carbons (Fsp3) is 0.278. The van der Waals surface area contributed by atoms with Crippen molar-refractivity contribution in [1.82, 2.24) is 5.43 Å². The van der Waals surface area contributed by atoms with Crippen molar-refractivity contribution in [2.45, 2.75) is 26.7 Å². The van der Waals surface area contributed by atoms with Gasteiger partial charge in [-0.05, 0) is 50.5 Å². The highest BCUT2D eigenvalue weighted by molar-refractivity contribution is 6.02. The number of aryl methyl sites for hydroxylation is 1. The van der Waals surface area contributed by atoms with Gasteiger partial charge in [-0.1, -0.05) is 12.1 Å². The molecule has 0 atom stereocenters. The molecule has 6 heteroatoms. The molecule has 3 rings (SSSR count). The Morgan fingerprint density at radius 1 is 1.25 bits per heavy atom. The van der Waals surface area contributed by atoms with E-state index in [1.165, 1.54) is 6.26 Å². The van der Waals surface area contributed by atoms with E-state index in [4.69, 9.17) is 4.42 Å². The lowest BCUT2D eigenvalue weighted by molar-refractivity contribution is -0.117. The minimum atomic E-state index is -0.321. The Kier molecular flexibility index (Phi) is 4.46. The van der Waals surface area contributed by atoms with Crippen LogP contribution in [-0.4, -0.2) is 17.5 Å². The van der Waals surface area contributed by atoms with Crippen LogP contribution in [0.25, 0.3) is 0 Å². The summed E-state index contributed by atoms with van der Waals surface area (Å²) >= 11 is 0. The van der Waals surface area contributed by atoms with Crippen molar-refractivity contribution in [2.24, 2.45) is 11.0 Å². The highest BCUT2D eigenvalue weighted by Gasteiger charge is 2.29. The van der Waals surface area contributed by atoms with Crippen molar-refractivity contribution in [3.05, 3.63) is 53.5 Å². The molecule has 24 heavy (non-hydrogen) atoms. The van der Waals surface area contributed by atoms with E-state index in [1.807, 2.05) is 24.3 Å². The summed E-state index contributed by atoms with van der Waals surface area (Å²) in [5.41, 5.74) is 5.17. The zero-order chi connectivity index (χ0) is 17.1. The first-order valence-electron chi connectivity index (χ1n) is 7.84. The topological polar surface area (TPSA) is 83.7 Å². The molecular formula is C18H19N3O3. The van der Waals surface area contributed by atoms with Crippen LogP contribution >= 0.6 is 0 Å². The van der Waals surface area contributed by atoms with E-state index in [2.05, 4.69) is 15.8 Å². The van der Waals surface area contributed by atoms with Crippen LogP contribution < -0.4 is 10.7 Å². The van der Waals surface area contributed by atoms with Crippen LogP contribution in [0.4, 0.5) is 5.69 Å². The maximum atomic E-state index is 12.0. The van der Waals surface area contributed by atoms with Gasteiger partial charge in [0.05, 0.1) is 17.5 Å². The normalized spacial score (nSPS) is 14.3. The highest BCUT2D eigenvalue weighted by Crippen LogP contribution is 2.30. The van der Waals surface area contributed by atoms with Crippen LogP contribution in [0.15, 0.2) is 46.1 Å². The Balaban J connectivity index is 1.67. The molecule has 0 radical (unpaired) electrons. The number of hydrogen-bond acceptors (Lipinski definition) is 4. The van der Waals surface area contributed by atoms with Gasteiger partial charge in [0.25, 0.3) is 5.91 Å². The molecule has 1 aromatic heterocycles. The molecule has 0 aliphatic heterocycles. The Morgan fingerprint density at radius 2 is 2.04 bits per heavy atom. The van der Waals surface area contributed by atoms with Gasteiger partial charge in [-0.25, -0.2) is 5.43 Å². The molecule has 2 amide bonds. The summed E-state index contributed by atoms with van der Waals surface area (Å²) in [5.74, 6) is 0.440. The standard InChI is InChI=1S/C18H19N3O3/c1-11(20-21-18(23)16-8-9-24-12(16)2)14-4-3-5-15(10-14)19-17(22)13-6-7-13/h3-5,8-10,13H,6-7H2,1-2H3,(H,19,22)(H,21,23)/b20-11-. The molecular weight excluding hydrogens is 306 g/mol. The third-order valence-electron chi connectivity index (χ3n) is 3.92. The third-order valence-corrected chi connectivity index (χ3v) is 3.92. The zero-order valence-electron chi connectivity index (χ0n) is 13.6. The number of furan rings is 1. The van der Waals surface area contributed by atoms with Crippen LogP contribution in [0.1, 0.15) is 41.4 Å². The predicted octanol–water partition coefficient (Wildman–Crippen LogP) is 3.09. The van der Waals surface area contributed by atoms with Crippen molar-refractivity contribution < 1.29 is 14.0 Å². The van der Waals surface area contributed by atoms with Crippen molar-refractivity contribution in [2.75, 3.05) is 5.32 Å². The number of amides is 2. The highest BCUT2D eigenvalue weighted by atomic mass is 16.3. The molecule has 1 saturated carbocycles. The second kappa shape index (κ2) is 6.70. The quantitative estimate of drug-likeness (QED) is 0.654. The van der Waals surface area contributed by atoms with Gasteiger partial charge in [0.15, 0.2) is 0 Å². The van der Waals surface area contributed by atoms with Gasteiger partial charge >= 0.3 is 0 Å². The van der Waals surface area contributed by atoms with Crippen molar-refractivity contribution >= 4 is 23.2 Å². The zero-order valence-corrected chi connectivity index (χ0v) is 13.6. The van der Waals surface area contributed by atoms with E-state index >= 15 is 0 Å². The van der Waals surface area contributed by atoms with Gasteiger partial charge < -0.3 is 9.73 Å². The molecule has 1 aliphatic rings. The van der Waals surface area contributed by atoms with Crippen LogP contribution in [-0.2, 0) is 4.79 Å². The van der Waals surface area contributed by atoms with Crippen molar-refractivity contribution in [3.8, 4) is 0 Å². The summed E-state index contributed by atoms with van der Waals surface area (Å²) in [6, 6.07) is 9.00. The molecule has 1 heterocycles. The second-order valence-corrected chi connectivity index (χ2v) is 5.87. The Labute approximate surface area is 139 Å². The Hall–Kier alpha value is -2.89. The largest absolute Gasteiger partial charge is 0.469 e. The summed E-state index contributed by atoms with van der Waals surface area (Å²) in [6.07, 6.45) is 3.39. The smallest absolute Gasteiger partial charge is 0.274 e. The molecule has 2 N–H and O–H groups in total. The number of carbonyl (C=O) groups is 2. The summed E-state index contributed by atoms with van der Waals surface area (Å²) in [7, 11) is 0. The summed E-state index contributed by atoms with van der Waals surface area (Å²) < 4.78 is 5.10. The molecule has 124 valence electrons. The average molecular weight is 325 g/mol. The predicted molar refractivity (Wildman–Crippen MR) is 90.9 cm³/mol. The lowest BCUT2D eigenvalue weighted by Gasteiger charge is -2.07. The molecule has 0 unspecified atom stereocenters. The summed E-state index contributed by atoms with van der Waals surface area (Å²) in [5, 5.41) is 7.02. The molecule has 0 saturated heterocycles. The maximum absolute atomic E-state index is 12.0. The third kappa shape index (κ3) is 3.71. The summed E-state index contributed by atoms with van der Waals surface area (Å²) in [6.45, 7) is 3.52. The number of rotatable bonds is 5. The number of nitrogens with one attached hydrogen (secondary N) is 2. The van der Waals surface area contributed by atoms with Gasteiger partial charge in [0.1, 0.15) is 5.76 Å². The number of nitrogens with zero attached hydrogens (tertiary/aromatic N) is 1. The Morgan fingerprint density at radius 3 is 2.71 bits per heavy atom. The first kappa shape index (κ1) is 16.0. The van der Waals surface area contributed by atoms with Gasteiger partial charge in [0, 0.05) is 11.6 Å². The Bertz CT molecular complexity index is 803. The lowest BCUT2D eigenvalue weighted by atomic mass is 10.1. The minimum Gasteiger partial charge on any atom is -0.469 e. The fourth-order valence-corrected chi connectivity index (χ4v) is 2.29. The second-order valence-electron chi connectivity index (χ2n) is 5.87. The minimum absolute atomic E-state index is 0.0606. The molecule has 0 spiro atoms. The van der Waals surface area contributed by atoms with E-state index < -0.39 is 0 Å². The van der Waals surface area contributed by atoms with Gasteiger partial charge in [-0.15, -0.1) is 0 Å². The number of hydrogen-bond donors (Lipinski definition) is 2. The number of carbonyl (C=O) groups excluding carboxylic acids is 2. The molecule has 1 fully saturated rings. The molecule has 1 aromatic carbocycles. The lowest BCUT2D eigenvalue weighted by Crippen LogP contribution is -2.19. The molecule has 0 bridgehead atoms. The molecule has 6 nitrogen and oxygen atoms in total. The van der Waals surface area contributed by atoms with E-state index in [-0.39, 0.29) is 17.7 Å². The van der Waals surface area contributed by atoms with E-state index in [0.29, 0.717) is 17.0 Å². The van der Waals surface area contributed by atoms with Crippen molar-refractivity contribution in [1.29, 1.82) is 0 Å². The van der Waals surface area contributed by atoms with Crippen LogP contribution in [0, 0.1) is 12.8 Å². The number of benzene rings is 1. The van der Waals surface area contributed by atoms with Gasteiger partial charge in [0.2, 0.25) is 5.91 Å². The number of hydrazone groups is 1. The first-order chi connectivity index (χ1) is 11.5. The number of anilines is 1. The van der Waals surface area contributed by atoms with Crippen LogP contribution in [0.5, 0.6) is 0 Å².